The van der Waals surface area contributed by atoms with E-state index in [0.717, 1.165) is 11.1 Å². The maximum Gasteiger partial charge on any atom is 0.338 e. The Kier molecular flexibility index (Phi) is 6.44. The summed E-state index contributed by atoms with van der Waals surface area (Å²) in [7, 11) is 1.59. The van der Waals surface area contributed by atoms with Gasteiger partial charge in [0.15, 0.2) is 0 Å². The number of halogens is 1. The molecule has 0 aliphatic carbocycles. The summed E-state index contributed by atoms with van der Waals surface area (Å²) in [5, 5.41) is 3.42. The van der Waals surface area contributed by atoms with Crippen molar-refractivity contribution in [3.05, 3.63) is 76.0 Å². The van der Waals surface area contributed by atoms with Crippen LogP contribution >= 0.6 is 11.6 Å². The summed E-state index contributed by atoms with van der Waals surface area (Å²) >= 11 is 6.02. The molecule has 0 bridgehead atoms. The lowest BCUT2D eigenvalue weighted by molar-refractivity contribution is -0.139. The number of carbonyl (C=O) groups excluding carboxylic acids is 2. The van der Waals surface area contributed by atoms with Crippen molar-refractivity contribution in [2.75, 3.05) is 20.3 Å². The van der Waals surface area contributed by atoms with Gasteiger partial charge in [-0.2, -0.15) is 0 Å². The fourth-order valence-electron chi connectivity index (χ4n) is 3.19. The zero-order valence-electron chi connectivity index (χ0n) is 16.6. The largest absolute Gasteiger partial charge is 0.487 e. The Morgan fingerprint density at radius 2 is 1.97 bits per heavy atom. The van der Waals surface area contributed by atoms with Gasteiger partial charge in [0.2, 0.25) is 0 Å². The molecule has 2 amide bonds. The van der Waals surface area contributed by atoms with Crippen LogP contribution in [0, 0.1) is 6.92 Å². The number of rotatable bonds is 6. The molecular formula is C22H23ClN2O4. The Morgan fingerprint density at radius 1 is 1.21 bits per heavy atom. The molecule has 7 heteroatoms. The summed E-state index contributed by atoms with van der Waals surface area (Å²) in [6.45, 7) is 3.94. The second-order valence-corrected chi connectivity index (χ2v) is 7.12. The SMILES string of the molecule is CCOC(=O)C1=C(COc2cccc(Cl)c2)N(C)C(=O)N[C@@H]1c1cccc(C)c1. The number of carbonyl (C=O) groups is 2. The monoisotopic (exact) mass is 414 g/mol. The average molecular weight is 415 g/mol. The molecule has 6 nitrogen and oxygen atoms in total. The quantitative estimate of drug-likeness (QED) is 0.718. The second kappa shape index (κ2) is 9.01. The molecule has 0 unspecified atom stereocenters. The van der Waals surface area contributed by atoms with Gasteiger partial charge in [-0.3, -0.25) is 4.90 Å². The normalized spacial score (nSPS) is 16.5. The summed E-state index contributed by atoms with van der Waals surface area (Å²) in [6, 6.07) is 13.6. The molecule has 1 atom stereocenters. The number of aryl methyl sites for hydroxylation is 1. The summed E-state index contributed by atoms with van der Waals surface area (Å²) in [4.78, 5) is 26.9. The van der Waals surface area contributed by atoms with Crippen molar-refractivity contribution in [2.45, 2.75) is 19.9 Å². The van der Waals surface area contributed by atoms with Crippen molar-refractivity contribution in [1.82, 2.24) is 10.2 Å². The van der Waals surface area contributed by atoms with Crippen LogP contribution in [0.5, 0.6) is 5.75 Å². The van der Waals surface area contributed by atoms with Gasteiger partial charge in [-0.05, 0) is 37.6 Å². The van der Waals surface area contributed by atoms with E-state index in [9.17, 15) is 9.59 Å². The Morgan fingerprint density at radius 3 is 2.66 bits per heavy atom. The first-order valence-corrected chi connectivity index (χ1v) is 9.67. The van der Waals surface area contributed by atoms with Crippen LogP contribution < -0.4 is 10.1 Å². The van der Waals surface area contributed by atoms with Crippen molar-refractivity contribution >= 4 is 23.6 Å². The molecule has 1 aliphatic rings. The minimum atomic E-state index is -0.629. The van der Waals surface area contributed by atoms with Gasteiger partial charge < -0.3 is 14.8 Å². The molecule has 2 aromatic rings. The van der Waals surface area contributed by atoms with E-state index in [1.54, 1.807) is 38.2 Å². The first-order chi connectivity index (χ1) is 13.9. The van der Waals surface area contributed by atoms with Gasteiger partial charge in [0.25, 0.3) is 0 Å². The van der Waals surface area contributed by atoms with E-state index in [-0.39, 0.29) is 19.2 Å². The molecule has 29 heavy (non-hydrogen) atoms. The van der Waals surface area contributed by atoms with E-state index in [1.165, 1.54) is 4.90 Å². The number of nitrogens with zero attached hydrogens (tertiary/aromatic N) is 1. The highest BCUT2D eigenvalue weighted by molar-refractivity contribution is 6.30. The summed E-state index contributed by atoms with van der Waals surface area (Å²) in [5.74, 6) is 0.0512. The number of amides is 2. The lowest BCUT2D eigenvalue weighted by Crippen LogP contribution is -2.48. The maximum atomic E-state index is 12.9. The van der Waals surface area contributed by atoms with Crippen LogP contribution in [0.4, 0.5) is 4.79 Å². The first-order valence-electron chi connectivity index (χ1n) is 9.30. The molecule has 0 spiro atoms. The van der Waals surface area contributed by atoms with Crippen molar-refractivity contribution in [3.8, 4) is 5.75 Å². The highest BCUT2D eigenvalue weighted by Crippen LogP contribution is 2.32. The predicted molar refractivity (Wildman–Crippen MR) is 111 cm³/mol. The van der Waals surface area contributed by atoms with Crippen LogP contribution in [0.15, 0.2) is 59.8 Å². The second-order valence-electron chi connectivity index (χ2n) is 6.68. The van der Waals surface area contributed by atoms with E-state index >= 15 is 0 Å². The van der Waals surface area contributed by atoms with Crippen LogP contribution in [0.1, 0.15) is 24.1 Å². The van der Waals surface area contributed by atoms with E-state index in [4.69, 9.17) is 21.1 Å². The molecule has 0 saturated heterocycles. The van der Waals surface area contributed by atoms with E-state index in [2.05, 4.69) is 5.32 Å². The molecule has 1 N–H and O–H groups in total. The van der Waals surface area contributed by atoms with Crippen molar-refractivity contribution in [1.29, 1.82) is 0 Å². The number of ether oxygens (including phenoxy) is 2. The van der Waals surface area contributed by atoms with Crippen LogP contribution in [-0.2, 0) is 9.53 Å². The fourth-order valence-corrected chi connectivity index (χ4v) is 3.37. The van der Waals surface area contributed by atoms with Gasteiger partial charge in [0, 0.05) is 12.1 Å². The minimum absolute atomic E-state index is 0.0146. The lowest BCUT2D eigenvalue weighted by Gasteiger charge is -2.34. The predicted octanol–water partition coefficient (Wildman–Crippen LogP) is 4.24. The molecule has 0 aromatic heterocycles. The smallest absolute Gasteiger partial charge is 0.338 e. The molecule has 1 aliphatic heterocycles. The number of hydrogen-bond donors (Lipinski definition) is 1. The first kappa shape index (κ1) is 20.7. The van der Waals surface area contributed by atoms with Crippen LogP contribution in [-0.4, -0.2) is 37.2 Å². The molecule has 0 radical (unpaired) electrons. The highest BCUT2D eigenvalue weighted by Gasteiger charge is 2.37. The summed E-state index contributed by atoms with van der Waals surface area (Å²) < 4.78 is 11.1. The van der Waals surface area contributed by atoms with Crippen molar-refractivity contribution in [2.24, 2.45) is 0 Å². The van der Waals surface area contributed by atoms with Gasteiger partial charge in [0.1, 0.15) is 12.4 Å². The van der Waals surface area contributed by atoms with Crippen LogP contribution in [0.2, 0.25) is 5.02 Å². The van der Waals surface area contributed by atoms with Crippen molar-refractivity contribution < 1.29 is 19.1 Å². The number of urea groups is 1. The molecule has 1 heterocycles. The van der Waals surface area contributed by atoms with Crippen molar-refractivity contribution in [3.63, 3.8) is 0 Å². The van der Waals surface area contributed by atoms with Gasteiger partial charge in [-0.1, -0.05) is 47.5 Å². The number of nitrogens with one attached hydrogen (secondary N) is 1. The number of likely N-dealkylation sites (N-methyl/N-ethyl adjacent to an activating group) is 1. The minimum Gasteiger partial charge on any atom is -0.487 e. The summed E-state index contributed by atoms with van der Waals surface area (Å²) in [5.41, 5.74) is 2.62. The number of benzene rings is 2. The molecule has 152 valence electrons. The Labute approximate surface area is 175 Å². The Bertz CT molecular complexity index is 957. The zero-order chi connectivity index (χ0) is 21.0. The fraction of sp³-hybridized carbons (Fsp3) is 0.273. The molecule has 2 aromatic carbocycles. The highest BCUT2D eigenvalue weighted by atomic mass is 35.5. The lowest BCUT2D eigenvalue weighted by atomic mass is 9.94. The number of hydrogen-bond acceptors (Lipinski definition) is 4. The third-order valence-corrected chi connectivity index (χ3v) is 4.85. The van der Waals surface area contributed by atoms with E-state index in [1.807, 2.05) is 31.2 Å². The molecule has 3 rings (SSSR count). The number of esters is 1. The maximum absolute atomic E-state index is 12.9. The van der Waals surface area contributed by atoms with Gasteiger partial charge in [0.05, 0.1) is 23.9 Å². The molecular weight excluding hydrogens is 392 g/mol. The van der Waals surface area contributed by atoms with E-state index < -0.39 is 12.0 Å². The third kappa shape index (κ3) is 4.71. The molecule has 0 saturated carbocycles. The average Bonchev–Trinajstić information content (AvgIpc) is 2.69. The zero-order valence-corrected chi connectivity index (χ0v) is 17.3. The van der Waals surface area contributed by atoms with Gasteiger partial charge in [-0.25, -0.2) is 9.59 Å². The topological polar surface area (TPSA) is 67.9 Å². The molecule has 0 fully saturated rings. The Balaban J connectivity index is 2.03. The standard InChI is InChI=1S/C22H23ClN2O4/c1-4-28-21(26)19-18(13-29-17-10-6-9-16(23)12-17)25(3)22(27)24-20(19)15-8-5-7-14(2)11-15/h5-12,20H,4,13H2,1-3H3,(H,24,27)/t20-/m1/s1. The van der Waals surface area contributed by atoms with E-state index in [0.29, 0.717) is 22.0 Å². The van der Waals surface area contributed by atoms with Gasteiger partial charge in [-0.15, -0.1) is 0 Å². The third-order valence-electron chi connectivity index (χ3n) is 4.62. The van der Waals surface area contributed by atoms with Crippen LogP contribution in [0.3, 0.4) is 0 Å². The summed E-state index contributed by atoms with van der Waals surface area (Å²) in [6.07, 6.45) is 0. The van der Waals surface area contributed by atoms with Gasteiger partial charge >= 0.3 is 12.0 Å². The Hall–Kier alpha value is -2.99. The van der Waals surface area contributed by atoms with Crippen LogP contribution in [0.25, 0.3) is 0 Å².